The van der Waals surface area contributed by atoms with E-state index in [2.05, 4.69) is 5.32 Å². The quantitative estimate of drug-likeness (QED) is 0.660. The third-order valence-corrected chi connectivity index (χ3v) is 2.52. The highest BCUT2D eigenvalue weighted by Gasteiger charge is 2.01. The van der Waals surface area contributed by atoms with Crippen LogP contribution in [0.15, 0.2) is 22.8 Å². The molecule has 1 aromatic rings. The van der Waals surface area contributed by atoms with E-state index in [1.165, 1.54) is 0 Å². The van der Waals surface area contributed by atoms with Gasteiger partial charge in [-0.1, -0.05) is 0 Å². The largest absolute Gasteiger partial charge is 0.468 e. The summed E-state index contributed by atoms with van der Waals surface area (Å²) < 4.78 is 26.2. The minimum absolute atomic E-state index is 0.0121. The van der Waals surface area contributed by atoms with Gasteiger partial charge in [0.1, 0.15) is 5.76 Å². The van der Waals surface area contributed by atoms with Crippen LogP contribution in [0.4, 0.5) is 0 Å². The third kappa shape index (κ3) is 5.00. The Kier molecular flexibility index (Phi) is 4.12. The normalized spacial score (nSPS) is 11.8. The smallest absolute Gasteiger partial charge is 0.209 e. The van der Waals surface area contributed by atoms with Gasteiger partial charge in [0.15, 0.2) is 0 Å². The minimum atomic E-state index is -3.32. The Morgan fingerprint density at radius 1 is 1.50 bits per heavy atom. The molecule has 5 nitrogen and oxygen atoms in total. The number of rotatable bonds is 6. The summed E-state index contributed by atoms with van der Waals surface area (Å²) in [6.45, 7) is 1.22. The van der Waals surface area contributed by atoms with Gasteiger partial charge in [0.2, 0.25) is 10.0 Å². The van der Waals surface area contributed by atoms with Crippen LogP contribution in [-0.2, 0) is 16.6 Å². The number of nitrogens with one attached hydrogen (secondary N) is 1. The van der Waals surface area contributed by atoms with Gasteiger partial charge in [-0.15, -0.1) is 0 Å². The molecule has 0 radical (unpaired) electrons. The second kappa shape index (κ2) is 5.14. The lowest BCUT2D eigenvalue weighted by Crippen LogP contribution is -2.21. The van der Waals surface area contributed by atoms with Gasteiger partial charge in [-0.3, -0.25) is 0 Å². The fraction of sp³-hybridized carbons (Fsp3) is 0.500. The Morgan fingerprint density at radius 2 is 2.29 bits per heavy atom. The van der Waals surface area contributed by atoms with Gasteiger partial charge in [0, 0.05) is 0 Å². The van der Waals surface area contributed by atoms with Gasteiger partial charge >= 0.3 is 0 Å². The molecule has 0 atom stereocenters. The first-order chi connectivity index (χ1) is 6.58. The number of nitrogens with two attached hydrogens (primary N) is 1. The van der Waals surface area contributed by atoms with Gasteiger partial charge in [-0.25, -0.2) is 13.6 Å². The van der Waals surface area contributed by atoms with Crippen molar-refractivity contribution in [1.82, 2.24) is 5.32 Å². The summed E-state index contributed by atoms with van der Waals surface area (Å²) in [5.41, 5.74) is 0. The van der Waals surface area contributed by atoms with Gasteiger partial charge in [-0.2, -0.15) is 0 Å². The van der Waals surface area contributed by atoms with E-state index in [1.807, 2.05) is 6.07 Å². The zero-order chi connectivity index (χ0) is 10.4. The summed E-state index contributed by atoms with van der Waals surface area (Å²) in [5.74, 6) is 0.846. The first kappa shape index (κ1) is 11.2. The third-order valence-electron chi connectivity index (χ3n) is 1.66. The maximum atomic E-state index is 10.6. The molecule has 14 heavy (non-hydrogen) atoms. The Hall–Kier alpha value is -0.850. The van der Waals surface area contributed by atoms with Crippen LogP contribution in [0.25, 0.3) is 0 Å². The van der Waals surface area contributed by atoms with Crippen LogP contribution in [-0.4, -0.2) is 20.7 Å². The highest BCUT2D eigenvalue weighted by Crippen LogP contribution is 1.98. The van der Waals surface area contributed by atoms with E-state index in [0.29, 0.717) is 19.5 Å². The summed E-state index contributed by atoms with van der Waals surface area (Å²) in [6.07, 6.45) is 2.11. The molecule has 80 valence electrons. The fourth-order valence-electron chi connectivity index (χ4n) is 1.02. The zero-order valence-corrected chi connectivity index (χ0v) is 8.59. The molecular weight excluding hydrogens is 204 g/mol. The molecule has 0 saturated carbocycles. The molecule has 0 aromatic carbocycles. The highest BCUT2D eigenvalue weighted by molar-refractivity contribution is 7.89. The Labute approximate surface area is 83.3 Å². The van der Waals surface area contributed by atoms with Crippen molar-refractivity contribution in [2.45, 2.75) is 13.0 Å². The second-order valence-electron chi connectivity index (χ2n) is 2.98. The van der Waals surface area contributed by atoms with Crippen molar-refractivity contribution in [2.75, 3.05) is 12.3 Å². The molecule has 0 aliphatic carbocycles. The number of primary sulfonamides is 1. The first-order valence-electron chi connectivity index (χ1n) is 4.31. The highest BCUT2D eigenvalue weighted by atomic mass is 32.2. The van der Waals surface area contributed by atoms with Gasteiger partial charge < -0.3 is 9.73 Å². The predicted octanol–water partition coefficient (Wildman–Crippen LogP) is 0.0478. The molecule has 1 rings (SSSR count). The molecule has 0 aliphatic rings. The van der Waals surface area contributed by atoms with Gasteiger partial charge in [-0.05, 0) is 25.1 Å². The lowest BCUT2D eigenvalue weighted by molar-refractivity contribution is 0.483. The summed E-state index contributed by atoms with van der Waals surface area (Å²) >= 11 is 0. The van der Waals surface area contributed by atoms with Crippen molar-refractivity contribution in [3.05, 3.63) is 24.2 Å². The van der Waals surface area contributed by atoms with E-state index >= 15 is 0 Å². The molecule has 1 heterocycles. The summed E-state index contributed by atoms with van der Waals surface area (Å²) in [4.78, 5) is 0. The molecule has 0 bridgehead atoms. The van der Waals surface area contributed by atoms with Crippen LogP contribution in [0.3, 0.4) is 0 Å². The molecule has 0 aliphatic heterocycles. The van der Waals surface area contributed by atoms with Crippen LogP contribution >= 0.6 is 0 Å². The Morgan fingerprint density at radius 3 is 2.86 bits per heavy atom. The van der Waals surface area contributed by atoms with Crippen molar-refractivity contribution in [3.63, 3.8) is 0 Å². The maximum absolute atomic E-state index is 10.6. The van der Waals surface area contributed by atoms with E-state index in [9.17, 15) is 8.42 Å². The summed E-state index contributed by atoms with van der Waals surface area (Å²) in [6, 6.07) is 3.66. The Bertz CT molecular complexity index is 345. The molecule has 0 unspecified atom stereocenters. The molecule has 3 N–H and O–H groups in total. The van der Waals surface area contributed by atoms with Crippen molar-refractivity contribution < 1.29 is 12.8 Å². The standard InChI is InChI=1S/C8H14N2O3S/c9-14(11,12)6-2-4-10-7-8-3-1-5-13-8/h1,3,5,10H,2,4,6-7H2,(H2,9,11,12). The minimum Gasteiger partial charge on any atom is -0.468 e. The van der Waals surface area contributed by atoms with Crippen molar-refractivity contribution in [1.29, 1.82) is 0 Å². The average molecular weight is 218 g/mol. The van der Waals surface area contributed by atoms with E-state index < -0.39 is 10.0 Å². The number of sulfonamides is 1. The van der Waals surface area contributed by atoms with E-state index in [1.54, 1.807) is 12.3 Å². The average Bonchev–Trinajstić information content (AvgIpc) is 2.54. The molecule has 6 heteroatoms. The topological polar surface area (TPSA) is 85.3 Å². The lowest BCUT2D eigenvalue weighted by Gasteiger charge is -2.01. The molecule has 1 aromatic heterocycles. The number of hydrogen-bond donors (Lipinski definition) is 2. The molecule has 0 spiro atoms. The summed E-state index contributed by atoms with van der Waals surface area (Å²) in [5, 5.41) is 7.88. The monoisotopic (exact) mass is 218 g/mol. The molecular formula is C8H14N2O3S. The fourth-order valence-corrected chi connectivity index (χ4v) is 1.57. The van der Waals surface area contributed by atoms with Crippen LogP contribution < -0.4 is 10.5 Å². The van der Waals surface area contributed by atoms with Crippen molar-refractivity contribution in [2.24, 2.45) is 5.14 Å². The van der Waals surface area contributed by atoms with Crippen LogP contribution in [0.2, 0.25) is 0 Å². The lowest BCUT2D eigenvalue weighted by atomic mass is 10.4. The van der Waals surface area contributed by atoms with E-state index in [0.717, 1.165) is 5.76 Å². The number of furan rings is 1. The zero-order valence-electron chi connectivity index (χ0n) is 7.77. The molecule has 0 amide bonds. The van der Waals surface area contributed by atoms with E-state index in [-0.39, 0.29) is 5.75 Å². The Balaban J connectivity index is 2.06. The van der Waals surface area contributed by atoms with Gasteiger partial charge in [0.25, 0.3) is 0 Å². The predicted molar refractivity (Wildman–Crippen MR) is 53.0 cm³/mol. The van der Waals surface area contributed by atoms with Crippen molar-refractivity contribution >= 4 is 10.0 Å². The van der Waals surface area contributed by atoms with Crippen LogP contribution in [0, 0.1) is 0 Å². The van der Waals surface area contributed by atoms with Crippen LogP contribution in [0.1, 0.15) is 12.2 Å². The van der Waals surface area contributed by atoms with Crippen LogP contribution in [0.5, 0.6) is 0 Å². The number of hydrogen-bond acceptors (Lipinski definition) is 4. The van der Waals surface area contributed by atoms with Gasteiger partial charge in [0.05, 0.1) is 18.6 Å². The SMILES string of the molecule is NS(=O)(=O)CCCNCc1ccco1. The maximum Gasteiger partial charge on any atom is 0.209 e. The summed E-state index contributed by atoms with van der Waals surface area (Å²) in [7, 11) is -3.32. The van der Waals surface area contributed by atoms with Crippen molar-refractivity contribution in [3.8, 4) is 0 Å². The molecule has 0 fully saturated rings. The van der Waals surface area contributed by atoms with E-state index in [4.69, 9.17) is 9.56 Å². The first-order valence-corrected chi connectivity index (χ1v) is 6.03. The second-order valence-corrected chi connectivity index (χ2v) is 4.71. The molecule has 0 saturated heterocycles.